The van der Waals surface area contributed by atoms with Crippen molar-refractivity contribution in [3.05, 3.63) is 83.6 Å². The number of fused-ring (bicyclic) bond motifs is 1. The third kappa shape index (κ3) is 4.49. The summed E-state index contributed by atoms with van der Waals surface area (Å²) < 4.78 is 31.8. The Balaban J connectivity index is 1.62. The Hall–Kier alpha value is -4.93. The largest absolute Gasteiger partial charge is 0.493 e. The molecular weight excluding hydrogens is 491 g/mol. The van der Waals surface area contributed by atoms with E-state index in [-0.39, 0.29) is 11.7 Å². The molecule has 1 unspecified atom stereocenters. The van der Waals surface area contributed by atoms with E-state index in [2.05, 4.69) is 20.6 Å². The van der Waals surface area contributed by atoms with Crippen molar-refractivity contribution >= 4 is 17.5 Å². The number of anilines is 2. The lowest BCUT2D eigenvalue weighted by atomic mass is 9.95. The molecule has 1 aliphatic rings. The molecule has 0 spiro atoms. The number of methoxy groups -OCH3 is 3. The molecule has 2 aromatic heterocycles. The standard InChI is InChI=1S/C27H25FN6O4/c1-15-22(26(35)31-19-6-5-11-29-14-19)23(16-7-9-18(28)10-8-16)34-27(30-15)32-25(33-34)17-12-20(36-2)24(38-4)21(13-17)37-3/h5-14,23H,1-4H3,(H,31,35)(H,30,32,33). The van der Waals surface area contributed by atoms with Gasteiger partial charge in [-0.15, -0.1) is 5.10 Å². The number of carbonyl (C=O) groups is 1. The van der Waals surface area contributed by atoms with Crippen LogP contribution in [0, 0.1) is 5.82 Å². The van der Waals surface area contributed by atoms with Gasteiger partial charge in [-0.1, -0.05) is 12.1 Å². The summed E-state index contributed by atoms with van der Waals surface area (Å²) in [5, 5.41) is 10.8. The third-order valence-corrected chi connectivity index (χ3v) is 6.13. The highest BCUT2D eigenvalue weighted by molar-refractivity contribution is 6.05. The maximum absolute atomic E-state index is 13.8. The number of aromatic nitrogens is 4. The zero-order valence-electron chi connectivity index (χ0n) is 21.2. The van der Waals surface area contributed by atoms with Crippen molar-refractivity contribution < 1.29 is 23.4 Å². The normalized spacial score (nSPS) is 14.4. The van der Waals surface area contributed by atoms with Gasteiger partial charge < -0.3 is 24.8 Å². The van der Waals surface area contributed by atoms with E-state index in [1.165, 1.54) is 33.5 Å². The molecule has 0 aliphatic carbocycles. The average Bonchev–Trinajstić information content (AvgIpc) is 3.36. The van der Waals surface area contributed by atoms with E-state index in [1.807, 2.05) is 0 Å². The van der Waals surface area contributed by atoms with E-state index in [0.29, 0.717) is 57.1 Å². The molecular formula is C27H25FN6O4. The van der Waals surface area contributed by atoms with E-state index < -0.39 is 6.04 Å². The second-order valence-electron chi connectivity index (χ2n) is 8.43. The van der Waals surface area contributed by atoms with Gasteiger partial charge in [-0.2, -0.15) is 4.98 Å². The minimum absolute atomic E-state index is 0.354. The zero-order chi connectivity index (χ0) is 26.8. The molecule has 2 N–H and O–H groups in total. The van der Waals surface area contributed by atoms with E-state index in [0.717, 1.165) is 0 Å². The van der Waals surface area contributed by atoms with Gasteiger partial charge in [0, 0.05) is 17.5 Å². The minimum atomic E-state index is -0.688. The van der Waals surface area contributed by atoms with Crippen molar-refractivity contribution in [1.29, 1.82) is 0 Å². The summed E-state index contributed by atoms with van der Waals surface area (Å²) in [4.78, 5) is 22.3. The van der Waals surface area contributed by atoms with E-state index in [4.69, 9.17) is 19.3 Å². The van der Waals surface area contributed by atoms with Gasteiger partial charge in [0.05, 0.1) is 38.8 Å². The van der Waals surface area contributed by atoms with Crippen LogP contribution in [0.4, 0.5) is 16.0 Å². The number of nitrogens with one attached hydrogen (secondary N) is 2. The number of halogens is 1. The first kappa shape index (κ1) is 24.8. The van der Waals surface area contributed by atoms with Crippen LogP contribution in [0.15, 0.2) is 72.2 Å². The van der Waals surface area contributed by atoms with Crippen LogP contribution in [0.2, 0.25) is 0 Å². The third-order valence-electron chi connectivity index (χ3n) is 6.13. The Bertz CT molecular complexity index is 1490. The predicted molar refractivity (Wildman–Crippen MR) is 139 cm³/mol. The van der Waals surface area contributed by atoms with Gasteiger partial charge in [0.25, 0.3) is 5.91 Å². The quantitative estimate of drug-likeness (QED) is 0.371. The van der Waals surface area contributed by atoms with Gasteiger partial charge in [-0.3, -0.25) is 9.78 Å². The highest BCUT2D eigenvalue weighted by atomic mass is 19.1. The van der Waals surface area contributed by atoms with Gasteiger partial charge in [0.1, 0.15) is 11.9 Å². The van der Waals surface area contributed by atoms with E-state index >= 15 is 0 Å². The Morgan fingerprint density at radius 3 is 2.37 bits per heavy atom. The van der Waals surface area contributed by atoms with Crippen LogP contribution in [0.3, 0.4) is 0 Å². The maximum atomic E-state index is 13.8. The Morgan fingerprint density at radius 2 is 1.76 bits per heavy atom. The number of amides is 1. The highest BCUT2D eigenvalue weighted by Crippen LogP contribution is 2.42. The summed E-state index contributed by atoms with van der Waals surface area (Å²) in [5.41, 5.74) is 2.79. The van der Waals surface area contributed by atoms with Crippen molar-refractivity contribution in [2.75, 3.05) is 32.0 Å². The fraction of sp³-hybridized carbons (Fsp3) is 0.185. The number of benzene rings is 2. The molecule has 194 valence electrons. The molecule has 0 saturated carbocycles. The average molecular weight is 517 g/mol. The Kier molecular flexibility index (Phi) is 6.65. The van der Waals surface area contributed by atoms with Crippen LogP contribution < -0.4 is 24.8 Å². The molecule has 10 nitrogen and oxygen atoms in total. The lowest BCUT2D eigenvalue weighted by Gasteiger charge is -2.28. The van der Waals surface area contributed by atoms with Gasteiger partial charge in [0.2, 0.25) is 11.7 Å². The summed E-state index contributed by atoms with van der Waals surface area (Å²) in [6, 6.07) is 12.2. The monoisotopic (exact) mass is 516 g/mol. The van der Waals surface area contributed by atoms with Gasteiger partial charge >= 0.3 is 0 Å². The van der Waals surface area contributed by atoms with Crippen LogP contribution in [-0.4, -0.2) is 47.0 Å². The van der Waals surface area contributed by atoms with Crippen molar-refractivity contribution in [1.82, 2.24) is 19.7 Å². The minimum Gasteiger partial charge on any atom is -0.493 e. The highest BCUT2D eigenvalue weighted by Gasteiger charge is 2.35. The van der Waals surface area contributed by atoms with E-state index in [9.17, 15) is 9.18 Å². The molecule has 0 fully saturated rings. The van der Waals surface area contributed by atoms with Crippen LogP contribution in [0.5, 0.6) is 17.2 Å². The number of hydrogen-bond donors (Lipinski definition) is 2. The lowest BCUT2D eigenvalue weighted by molar-refractivity contribution is -0.113. The van der Waals surface area contributed by atoms with Crippen molar-refractivity contribution in [3.63, 3.8) is 0 Å². The molecule has 4 aromatic rings. The number of rotatable bonds is 7. The fourth-order valence-electron chi connectivity index (χ4n) is 4.37. The molecule has 2 aromatic carbocycles. The topological polar surface area (TPSA) is 112 Å². The number of nitrogens with zero attached hydrogens (tertiary/aromatic N) is 4. The van der Waals surface area contributed by atoms with Crippen LogP contribution in [-0.2, 0) is 4.79 Å². The summed E-state index contributed by atoms with van der Waals surface area (Å²) >= 11 is 0. The second kappa shape index (κ2) is 10.2. The van der Waals surface area contributed by atoms with Gasteiger partial charge in [-0.25, -0.2) is 9.07 Å². The van der Waals surface area contributed by atoms with Gasteiger partial charge in [0.15, 0.2) is 17.3 Å². The van der Waals surface area contributed by atoms with Crippen molar-refractivity contribution in [3.8, 4) is 28.6 Å². The second-order valence-corrected chi connectivity index (χ2v) is 8.43. The molecule has 38 heavy (non-hydrogen) atoms. The summed E-state index contributed by atoms with van der Waals surface area (Å²) in [6.07, 6.45) is 3.18. The first-order chi connectivity index (χ1) is 18.4. The van der Waals surface area contributed by atoms with Crippen molar-refractivity contribution in [2.45, 2.75) is 13.0 Å². The Labute approximate surface area is 218 Å². The molecule has 0 bridgehead atoms. The number of ether oxygens (including phenoxy) is 3. The molecule has 1 atom stereocenters. The van der Waals surface area contributed by atoms with Crippen LogP contribution in [0.1, 0.15) is 18.5 Å². The molecule has 5 rings (SSSR count). The SMILES string of the molecule is COc1cc(-c2nc3n(n2)C(c2ccc(F)cc2)C(C(=O)Nc2cccnc2)=C(C)N3)cc(OC)c1OC. The smallest absolute Gasteiger partial charge is 0.255 e. The number of pyridine rings is 1. The van der Waals surface area contributed by atoms with Crippen LogP contribution in [0.25, 0.3) is 11.4 Å². The molecule has 1 aliphatic heterocycles. The maximum Gasteiger partial charge on any atom is 0.255 e. The Morgan fingerprint density at radius 1 is 1.05 bits per heavy atom. The zero-order valence-corrected chi connectivity index (χ0v) is 21.2. The summed E-state index contributed by atoms with van der Waals surface area (Å²) in [5.74, 6) is 1.37. The predicted octanol–water partition coefficient (Wildman–Crippen LogP) is 4.43. The summed E-state index contributed by atoms with van der Waals surface area (Å²) in [6.45, 7) is 1.78. The lowest BCUT2D eigenvalue weighted by Crippen LogP contribution is -2.31. The molecule has 0 saturated heterocycles. The van der Waals surface area contributed by atoms with Gasteiger partial charge in [-0.05, 0) is 48.9 Å². The van der Waals surface area contributed by atoms with Crippen molar-refractivity contribution in [2.24, 2.45) is 0 Å². The number of hydrogen-bond acceptors (Lipinski definition) is 8. The first-order valence-electron chi connectivity index (χ1n) is 11.6. The van der Waals surface area contributed by atoms with E-state index in [1.54, 1.807) is 60.4 Å². The fourth-order valence-corrected chi connectivity index (χ4v) is 4.37. The first-order valence-corrected chi connectivity index (χ1v) is 11.6. The number of carbonyl (C=O) groups excluding carboxylic acids is 1. The van der Waals surface area contributed by atoms with Crippen LogP contribution >= 0.6 is 0 Å². The molecule has 11 heteroatoms. The molecule has 0 radical (unpaired) electrons. The summed E-state index contributed by atoms with van der Waals surface area (Å²) in [7, 11) is 4.58. The molecule has 3 heterocycles. The number of allylic oxidation sites excluding steroid dienone is 1. The molecule has 1 amide bonds.